The molecule has 0 saturated carbocycles. The van der Waals surface area contributed by atoms with Gasteiger partial charge in [0.05, 0.1) is 12.7 Å². The number of rotatable bonds is 5. The third kappa shape index (κ3) is 4.15. The van der Waals surface area contributed by atoms with Crippen LogP contribution in [0.2, 0.25) is 0 Å². The largest absolute Gasteiger partial charge is 0.497 e. The van der Waals surface area contributed by atoms with E-state index >= 15 is 0 Å². The van der Waals surface area contributed by atoms with Crippen LogP contribution in [-0.4, -0.2) is 53.4 Å². The molecule has 0 radical (unpaired) electrons. The Hall–Kier alpha value is -4.21. The summed E-state index contributed by atoms with van der Waals surface area (Å²) in [5.41, 5.74) is 1.95. The Labute approximate surface area is 183 Å². The molecule has 2 aromatic rings. The van der Waals surface area contributed by atoms with E-state index in [2.05, 4.69) is 15.6 Å². The Kier molecular flexibility index (Phi) is 5.59. The van der Waals surface area contributed by atoms with E-state index in [1.165, 1.54) is 13.3 Å². The first-order valence-electron chi connectivity index (χ1n) is 9.82. The number of urea groups is 1. The molecule has 2 aliphatic rings. The van der Waals surface area contributed by atoms with Crippen LogP contribution in [0.25, 0.3) is 5.76 Å². The van der Waals surface area contributed by atoms with E-state index in [-0.39, 0.29) is 23.9 Å². The average molecular weight is 436 g/mol. The number of methoxy groups -OCH3 is 1. The number of carbonyl (C=O) groups excluding carboxylic acids is 4. The van der Waals surface area contributed by atoms with Crippen LogP contribution in [0.15, 0.2) is 42.6 Å². The molecule has 10 heteroatoms. The van der Waals surface area contributed by atoms with Gasteiger partial charge in [-0.05, 0) is 36.8 Å². The highest BCUT2D eigenvalue weighted by atomic mass is 16.5. The van der Waals surface area contributed by atoms with Crippen molar-refractivity contribution < 1.29 is 28.7 Å². The topological polar surface area (TPSA) is 127 Å². The van der Waals surface area contributed by atoms with Crippen LogP contribution in [0.1, 0.15) is 38.9 Å². The number of ether oxygens (including phenoxy) is 2. The number of aromatic nitrogens is 1. The Morgan fingerprint density at radius 2 is 2.09 bits per heavy atom. The van der Waals surface area contributed by atoms with Gasteiger partial charge in [0, 0.05) is 37.0 Å². The summed E-state index contributed by atoms with van der Waals surface area (Å²) >= 11 is 0. The number of cyclic esters (lactones) is 1. The van der Waals surface area contributed by atoms with Crippen molar-refractivity contribution >= 4 is 29.6 Å². The van der Waals surface area contributed by atoms with Crippen molar-refractivity contribution in [1.82, 2.24) is 20.5 Å². The summed E-state index contributed by atoms with van der Waals surface area (Å²) < 4.78 is 10.2. The van der Waals surface area contributed by atoms with Gasteiger partial charge in [0.25, 0.3) is 11.8 Å². The summed E-state index contributed by atoms with van der Waals surface area (Å²) in [4.78, 5) is 54.3. The Morgan fingerprint density at radius 1 is 1.28 bits per heavy atom. The molecule has 1 atom stereocenters. The number of nitrogens with one attached hydrogen (secondary N) is 2. The predicted molar refractivity (Wildman–Crippen MR) is 112 cm³/mol. The summed E-state index contributed by atoms with van der Waals surface area (Å²) in [6.07, 6.45) is 2.46. The van der Waals surface area contributed by atoms with Crippen LogP contribution in [-0.2, 0) is 16.1 Å². The van der Waals surface area contributed by atoms with E-state index in [1.807, 2.05) is 6.07 Å². The smallest absolute Gasteiger partial charge is 0.363 e. The minimum absolute atomic E-state index is 0.0207. The van der Waals surface area contributed by atoms with Crippen LogP contribution in [0.3, 0.4) is 0 Å². The molecular formula is C22H20N4O6. The van der Waals surface area contributed by atoms with Gasteiger partial charge in [-0.2, -0.15) is 0 Å². The van der Waals surface area contributed by atoms with Crippen molar-refractivity contribution in [2.24, 2.45) is 0 Å². The van der Waals surface area contributed by atoms with Crippen molar-refractivity contribution in [3.63, 3.8) is 0 Å². The van der Waals surface area contributed by atoms with Gasteiger partial charge in [-0.3, -0.25) is 14.9 Å². The second-order valence-electron chi connectivity index (χ2n) is 7.37. The quantitative estimate of drug-likeness (QED) is 0.537. The van der Waals surface area contributed by atoms with E-state index in [1.54, 1.807) is 36.1 Å². The van der Waals surface area contributed by atoms with Crippen LogP contribution in [0.5, 0.6) is 5.75 Å². The van der Waals surface area contributed by atoms with E-state index in [4.69, 9.17) is 9.47 Å². The first-order valence-corrected chi connectivity index (χ1v) is 9.82. The number of fused-ring (bicyclic) bond motifs is 2. The fourth-order valence-corrected chi connectivity index (χ4v) is 3.60. The lowest BCUT2D eigenvalue weighted by atomic mass is 10.1. The number of pyridine rings is 1. The molecule has 0 fully saturated rings. The number of hydrogen-bond acceptors (Lipinski definition) is 7. The number of hydrogen-bond donors (Lipinski definition) is 2. The van der Waals surface area contributed by atoms with Crippen LogP contribution in [0, 0.1) is 0 Å². The Bertz CT molecular complexity index is 1160. The van der Waals surface area contributed by atoms with Crippen molar-refractivity contribution in [3.8, 4) is 5.75 Å². The first kappa shape index (κ1) is 21.0. The third-order valence-electron chi connectivity index (χ3n) is 5.04. The summed E-state index contributed by atoms with van der Waals surface area (Å²) in [6, 6.07) is 7.36. The zero-order valence-corrected chi connectivity index (χ0v) is 17.4. The molecule has 10 nitrogen and oxygen atoms in total. The molecular weight excluding hydrogens is 416 g/mol. The highest BCUT2D eigenvalue weighted by molar-refractivity contribution is 6.08. The highest BCUT2D eigenvalue weighted by Gasteiger charge is 2.30. The molecule has 0 aliphatic carbocycles. The molecule has 0 bridgehead atoms. The van der Waals surface area contributed by atoms with E-state index in [9.17, 15) is 19.2 Å². The summed E-state index contributed by atoms with van der Waals surface area (Å²) in [7, 11) is 1.53. The lowest BCUT2D eigenvalue weighted by Gasteiger charge is -2.21. The number of nitrogens with zero attached hydrogens (tertiary/aromatic N) is 2. The fraction of sp³-hybridized carbons (Fsp3) is 0.227. The van der Waals surface area contributed by atoms with Crippen molar-refractivity contribution in [2.45, 2.75) is 19.5 Å². The Balaban J connectivity index is 1.31. The minimum Gasteiger partial charge on any atom is -0.497 e. The Morgan fingerprint density at radius 3 is 2.88 bits per heavy atom. The number of esters is 1. The molecule has 1 aromatic carbocycles. The zero-order valence-electron chi connectivity index (χ0n) is 17.4. The van der Waals surface area contributed by atoms with E-state index < -0.39 is 23.9 Å². The molecule has 4 amide bonds. The maximum Gasteiger partial charge on any atom is 0.363 e. The van der Waals surface area contributed by atoms with Crippen molar-refractivity contribution in [3.05, 3.63) is 65.0 Å². The minimum atomic E-state index is -0.758. The van der Waals surface area contributed by atoms with Crippen molar-refractivity contribution in [1.29, 1.82) is 0 Å². The molecule has 3 heterocycles. The van der Waals surface area contributed by atoms with E-state index in [0.29, 0.717) is 23.4 Å². The lowest BCUT2D eigenvalue weighted by Crippen LogP contribution is -2.47. The molecule has 32 heavy (non-hydrogen) atoms. The molecule has 1 aromatic heterocycles. The maximum atomic E-state index is 12.6. The molecule has 164 valence electrons. The lowest BCUT2D eigenvalue weighted by molar-refractivity contribution is -0.115. The van der Waals surface area contributed by atoms with Gasteiger partial charge in [-0.15, -0.1) is 0 Å². The summed E-state index contributed by atoms with van der Waals surface area (Å²) in [5, 5.41) is 4.78. The number of benzene rings is 1. The first-order chi connectivity index (χ1) is 15.4. The summed E-state index contributed by atoms with van der Waals surface area (Å²) in [5.74, 6) is -0.947. The predicted octanol–water partition coefficient (Wildman–Crippen LogP) is 1.47. The molecule has 2 N–H and O–H groups in total. The van der Waals surface area contributed by atoms with Gasteiger partial charge in [-0.1, -0.05) is 6.07 Å². The number of carbonyl (C=O) groups is 4. The molecule has 2 aliphatic heterocycles. The van der Waals surface area contributed by atoms with Gasteiger partial charge < -0.3 is 19.7 Å². The van der Waals surface area contributed by atoms with Crippen LogP contribution in [0.4, 0.5) is 4.79 Å². The van der Waals surface area contributed by atoms with Crippen molar-refractivity contribution in [2.75, 3.05) is 13.7 Å². The fourth-order valence-electron chi connectivity index (χ4n) is 3.60. The molecule has 4 rings (SSSR count). The standard InChI is InChI=1S/C22H20N4O6/c1-12(10-26-11-13-5-6-14(31-2)8-16(13)20(26)28)24-22(30)25-18(27)9-17-15-4-3-7-23-19(15)21(29)32-17/h3-9,12H,10-11H2,1-2H3,(H2,24,25,27,30)/b17-9-/t12-/m1/s1. The van der Waals surface area contributed by atoms with Gasteiger partial charge in [0.15, 0.2) is 5.69 Å². The second-order valence-corrected chi connectivity index (χ2v) is 7.37. The van der Waals surface area contributed by atoms with Gasteiger partial charge in [0.1, 0.15) is 11.5 Å². The summed E-state index contributed by atoms with van der Waals surface area (Å²) in [6.45, 7) is 2.41. The monoisotopic (exact) mass is 436 g/mol. The second kappa shape index (κ2) is 8.50. The van der Waals surface area contributed by atoms with Gasteiger partial charge in [0.2, 0.25) is 0 Å². The normalized spacial score (nSPS) is 16.3. The van der Waals surface area contributed by atoms with Gasteiger partial charge >= 0.3 is 12.0 Å². The average Bonchev–Trinajstić information content (AvgIpc) is 3.24. The van der Waals surface area contributed by atoms with E-state index in [0.717, 1.165) is 11.6 Å². The third-order valence-corrected chi connectivity index (χ3v) is 5.04. The SMILES string of the molecule is COc1ccc2c(c1)C(=O)N(C[C@@H](C)NC(=O)NC(=O)/C=C1\OC(=O)c3ncccc31)C2. The van der Waals surface area contributed by atoms with Crippen LogP contribution < -0.4 is 15.4 Å². The van der Waals surface area contributed by atoms with Gasteiger partial charge in [-0.25, -0.2) is 14.6 Å². The van der Waals surface area contributed by atoms with Crippen LogP contribution >= 0.6 is 0 Å². The molecule has 0 unspecified atom stereocenters. The number of amides is 4. The highest BCUT2D eigenvalue weighted by Crippen LogP contribution is 2.28. The number of imide groups is 1. The zero-order chi connectivity index (χ0) is 22.8. The molecule has 0 spiro atoms. The molecule has 0 saturated heterocycles. The maximum absolute atomic E-state index is 12.6.